The molecule has 5 heteroatoms. The van der Waals surface area contributed by atoms with E-state index in [1.54, 1.807) is 0 Å². The third-order valence-corrected chi connectivity index (χ3v) is 4.10. The molecule has 1 atom stereocenters. The van der Waals surface area contributed by atoms with Crippen LogP contribution in [0.15, 0.2) is 27.1 Å². The quantitative estimate of drug-likeness (QED) is 0.819. The summed E-state index contributed by atoms with van der Waals surface area (Å²) in [5, 5.41) is 2.88. The molecular formula is C12H13Br2NO2. The molecule has 1 saturated heterocycles. The van der Waals surface area contributed by atoms with Gasteiger partial charge in [0.2, 0.25) is 0 Å². The second kappa shape index (κ2) is 4.61. The highest BCUT2D eigenvalue weighted by Gasteiger charge is 2.38. The number of hydrogen-bond donors (Lipinski definition) is 1. The van der Waals surface area contributed by atoms with Crippen LogP contribution in [0, 0.1) is 5.41 Å². The second-order valence-electron chi connectivity index (χ2n) is 4.81. The maximum absolute atomic E-state index is 11.4. The first-order valence-corrected chi connectivity index (χ1v) is 6.87. The summed E-state index contributed by atoms with van der Waals surface area (Å²) in [7, 11) is 0. The first-order chi connectivity index (χ1) is 7.90. The lowest BCUT2D eigenvalue weighted by atomic mass is 9.80. The Morgan fingerprint density at radius 2 is 2.12 bits per heavy atom. The van der Waals surface area contributed by atoms with E-state index in [0.29, 0.717) is 6.61 Å². The zero-order valence-corrected chi connectivity index (χ0v) is 12.8. The van der Waals surface area contributed by atoms with E-state index >= 15 is 0 Å². The summed E-state index contributed by atoms with van der Waals surface area (Å²) in [6, 6.07) is 5.89. The van der Waals surface area contributed by atoms with Gasteiger partial charge in [-0.1, -0.05) is 45.7 Å². The van der Waals surface area contributed by atoms with Gasteiger partial charge in [0.05, 0.1) is 6.04 Å². The number of cyclic esters (lactones) is 1. The Kier molecular flexibility index (Phi) is 3.50. The Morgan fingerprint density at radius 1 is 1.41 bits per heavy atom. The van der Waals surface area contributed by atoms with Gasteiger partial charge in [-0.3, -0.25) is 0 Å². The lowest BCUT2D eigenvalue weighted by Gasteiger charge is -2.39. The number of nitrogens with one attached hydrogen (secondary N) is 1. The Balaban J connectivity index is 2.42. The van der Waals surface area contributed by atoms with Crippen LogP contribution in [0.4, 0.5) is 4.79 Å². The summed E-state index contributed by atoms with van der Waals surface area (Å²) in [6.45, 7) is 4.57. The lowest BCUT2D eigenvalue weighted by molar-refractivity contribution is 0.0385. The van der Waals surface area contributed by atoms with E-state index in [-0.39, 0.29) is 17.6 Å². The fourth-order valence-corrected chi connectivity index (χ4v) is 2.78. The smallest absolute Gasteiger partial charge is 0.407 e. The van der Waals surface area contributed by atoms with E-state index in [0.717, 1.165) is 14.5 Å². The van der Waals surface area contributed by atoms with Crippen molar-refractivity contribution in [3.63, 3.8) is 0 Å². The van der Waals surface area contributed by atoms with Gasteiger partial charge in [-0.05, 0) is 23.8 Å². The van der Waals surface area contributed by atoms with Crippen molar-refractivity contribution in [2.24, 2.45) is 5.41 Å². The summed E-state index contributed by atoms with van der Waals surface area (Å²) in [5.41, 5.74) is 0.915. The van der Waals surface area contributed by atoms with Crippen molar-refractivity contribution in [2.75, 3.05) is 6.61 Å². The van der Waals surface area contributed by atoms with Gasteiger partial charge >= 0.3 is 6.09 Å². The molecule has 17 heavy (non-hydrogen) atoms. The molecule has 3 nitrogen and oxygen atoms in total. The van der Waals surface area contributed by atoms with Crippen molar-refractivity contribution in [1.29, 1.82) is 0 Å². The topological polar surface area (TPSA) is 38.3 Å². The Morgan fingerprint density at radius 3 is 2.82 bits per heavy atom. The van der Waals surface area contributed by atoms with Crippen LogP contribution in [0.1, 0.15) is 25.5 Å². The highest BCUT2D eigenvalue weighted by Crippen LogP contribution is 2.40. The second-order valence-corrected chi connectivity index (χ2v) is 6.58. The number of ether oxygens (including phenoxy) is 1. The first-order valence-electron chi connectivity index (χ1n) is 5.28. The van der Waals surface area contributed by atoms with Crippen molar-refractivity contribution >= 4 is 38.0 Å². The van der Waals surface area contributed by atoms with Crippen molar-refractivity contribution in [3.8, 4) is 0 Å². The first kappa shape index (κ1) is 12.9. The summed E-state index contributed by atoms with van der Waals surface area (Å²) in [6.07, 6.45) is -0.360. The van der Waals surface area contributed by atoms with Crippen molar-refractivity contribution in [3.05, 3.63) is 32.7 Å². The van der Waals surface area contributed by atoms with Gasteiger partial charge in [0.1, 0.15) is 6.61 Å². The summed E-state index contributed by atoms with van der Waals surface area (Å²) < 4.78 is 7.02. The molecule has 1 aromatic rings. The lowest BCUT2D eigenvalue weighted by Crippen LogP contribution is -2.47. The standard InChI is InChI=1S/C12H13Br2NO2/c1-12(2)6-17-11(16)15-10(12)8-5-7(13)3-4-9(8)14/h3-5,10H,6H2,1-2H3,(H,15,16)/t10-/m0/s1. The number of rotatable bonds is 1. The number of benzene rings is 1. The molecule has 1 aromatic carbocycles. The maximum atomic E-state index is 11.4. The predicted octanol–water partition coefficient (Wildman–Crippen LogP) is 4.02. The molecule has 0 aromatic heterocycles. The largest absolute Gasteiger partial charge is 0.449 e. The molecule has 1 aliphatic rings. The SMILES string of the molecule is CC1(C)COC(=O)N[C@H]1c1cc(Br)ccc1Br. The minimum absolute atomic E-state index is 0.0596. The fourth-order valence-electron chi connectivity index (χ4n) is 1.92. The van der Waals surface area contributed by atoms with Crippen LogP contribution in [-0.2, 0) is 4.74 Å². The normalized spacial score (nSPS) is 22.8. The van der Waals surface area contributed by atoms with Gasteiger partial charge in [-0.15, -0.1) is 0 Å². The van der Waals surface area contributed by atoms with Crippen LogP contribution in [0.3, 0.4) is 0 Å². The van der Waals surface area contributed by atoms with Gasteiger partial charge < -0.3 is 10.1 Å². The molecule has 92 valence electrons. The summed E-state index contributed by atoms with van der Waals surface area (Å²) in [4.78, 5) is 11.4. The average molecular weight is 363 g/mol. The fraction of sp³-hybridized carbons (Fsp3) is 0.417. The molecule has 1 heterocycles. The highest BCUT2D eigenvalue weighted by molar-refractivity contribution is 9.11. The molecule has 1 N–H and O–H groups in total. The van der Waals surface area contributed by atoms with Crippen molar-refractivity contribution in [1.82, 2.24) is 5.32 Å². The van der Waals surface area contributed by atoms with E-state index < -0.39 is 0 Å². The van der Waals surface area contributed by atoms with Gasteiger partial charge in [0, 0.05) is 14.4 Å². The molecule has 0 bridgehead atoms. The van der Waals surface area contributed by atoms with Gasteiger partial charge in [0.25, 0.3) is 0 Å². The van der Waals surface area contributed by atoms with Crippen LogP contribution < -0.4 is 5.32 Å². The molecular weight excluding hydrogens is 350 g/mol. The molecule has 1 amide bonds. The van der Waals surface area contributed by atoms with Crippen LogP contribution >= 0.6 is 31.9 Å². The van der Waals surface area contributed by atoms with E-state index in [1.165, 1.54) is 0 Å². The summed E-state index contributed by atoms with van der Waals surface area (Å²) in [5.74, 6) is 0. The third kappa shape index (κ3) is 2.65. The predicted molar refractivity (Wildman–Crippen MR) is 72.8 cm³/mol. The minimum atomic E-state index is -0.360. The molecule has 0 unspecified atom stereocenters. The molecule has 0 radical (unpaired) electrons. The number of hydrogen-bond acceptors (Lipinski definition) is 2. The van der Waals surface area contributed by atoms with Crippen LogP contribution in [-0.4, -0.2) is 12.7 Å². The highest BCUT2D eigenvalue weighted by atomic mass is 79.9. The van der Waals surface area contributed by atoms with Crippen LogP contribution in [0.2, 0.25) is 0 Å². The van der Waals surface area contributed by atoms with Gasteiger partial charge in [-0.25, -0.2) is 4.79 Å². The van der Waals surface area contributed by atoms with Crippen molar-refractivity contribution in [2.45, 2.75) is 19.9 Å². The number of carbonyl (C=O) groups is 1. The van der Waals surface area contributed by atoms with Crippen molar-refractivity contribution < 1.29 is 9.53 Å². The monoisotopic (exact) mass is 361 g/mol. The van der Waals surface area contributed by atoms with Crippen LogP contribution in [0.5, 0.6) is 0 Å². The minimum Gasteiger partial charge on any atom is -0.449 e. The molecule has 0 saturated carbocycles. The Labute approximate surface area is 117 Å². The van der Waals surface area contributed by atoms with E-state index in [4.69, 9.17) is 4.74 Å². The molecule has 0 aliphatic carbocycles. The Hall–Kier alpha value is -0.550. The van der Waals surface area contributed by atoms with E-state index in [2.05, 4.69) is 51.0 Å². The molecule has 1 fully saturated rings. The van der Waals surface area contributed by atoms with E-state index in [9.17, 15) is 4.79 Å². The third-order valence-electron chi connectivity index (χ3n) is 2.89. The molecule has 2 rings (SSSR count). The number of amides is 1. The number of halogens is 2. The van der Waals surface area contributed by atoms with Crippen LogP contribution in [0.25, 0.3) is 0 Å². The van der Waals surface area contributed by atoms with Gasteiger partial charge in [0.15, 0.2) is 0 Å². The molecule has 0 spiro atoms. The Bertz CT molecular complexity index is 460. The zero-order valence-electron chi connectivity index (χ0n) is 9.59. The molecule has 1 aliphatic heterocycles. The maximum Gasteiger partial charge on any atom is 0.407 e. The summed E-state index contributed by atoms with van der Waals surface area (Å²) >= 11 is 6.98. The van der Waals surface area contributed by atoms with Gasteiger partial charge in [-0.2, -0.15) is 0 Å². The van der Waals surface area contributed by atoms with E-state index in [1.807, 2.05) is 18.2 Å². The average Bonchev–Trinajstić information content (AvgIpc) is 2.26. The number of alkyl carbamates (subject to hydrolysis) is 1. The number of carbonyl (C=O) groups excluding carboxylic acids is 1. The zero-order chi connectivity index (χ0) is 12.6.